The number of benzene rings is 2. The fraction of sp³-hybridized carbons (Fsp3) is 0.208. The van der Waals surface area contributed by atoms with Crippen molar-refractivity contribution >= 4 is 17.2 Å². The summed E-state index contributed by atoms with van der Waals surface area (Å²) >= 11 is 5.80. The predicted molar refractivity (Wildman–Crippen MR) is 120 cm³/mol. The molecule has 0 aliphatic heterocycles. The van der Waals surface area contributed by atoms with E-state index in [0.717, 1.165) is 31.6 Å². The summed E-state index contributed by atoms with van der Waals surface area (Å²) in [5.41, 5.74) is 2.48. The second kappa shape index (κ2) is 10.2. The zero-order valence-electron chi connectivity index (χ0n) is 17.4. The highest BCUT2D eigenvalue weighted by molar-refractivity contribution is 6.30. The molecule has 2 heterocycles. The molecule has 0 amide bonds. The van der Waals surface area contributed by atoms with Crippen molar-refractivity contribution in [3.8, 4) is 5.75 Å². The number of ether oxygens (including phenoxy) is 1. The number of oxazole rings is 1. The normalized spacial score (nSPS) is 10.9. The molecule has 0 aliphatic rings. The first kappa shape index (κ1) is 21.8. The Labute approximate surface area is 190 Å². The van der Waals surface area contributed by atoms with Gasteiger partial charge in [-0.15, -0.1) is 5.10 Å². The van der Waals surface area contributed by atoms with Crippen LogP contribution in [0, 0.1) is 5.82 Å². The van der Waals surface area contributed by atoms with Crippen molar-refractivity contribution in [1.29, 1.82) is 0 Å². The summed E-state index contributed by atoms with van der Waals surface area (Å²) in [4.78, 5) is 4.35. The van der Waals surface area contributed by atoms with E-state index in [4.69, 9.17) is 20.8 Å². The number of rotatable bonds is 10. The average molecular weight is 453 g/mol. The van der Waals surface area contributed by atoms with Crippen molar-refractivity contribution in [3.05, 3.63) is 101 Å². The van der Waals surface area contributed by atoms with Crippen LogP contribution in [0.3, 0.4) is 0 Å². The van der Waals surface area contributed by atoms with Crippen LogP contribution in [0.2, 0.25) is 5.02 Å². The third-order valence-electron chi connectivity index (χ3n) is 4.95. The number of aryl methyl sites for hydroxylation is 2. The molecule has 0 fully saturated rings. The van der Waals surface area contributed by atoms with Crippen molar-refractivity contribution in [3.63, 3.8) is 0 Å². The van der Waals surface area contributed by atoms with Gasteiger partial charge in [0.25, 0.3) is 0 Å². The largest absolute Gasteiger partial charge is 0.487 e. The Bertz CT molecular complexity index is 1170. The quantitative estimate of drug-likeness (QED) is 0.288. The number of halogens is 2. The molecule has 2 aromatic carbocycles. The minimum atomic E-state index is -0.475. The maximum Gasteiger partial charge on any atom is 0.226 e. The lowest BCUT2D eigenvalue weighted by molar-refractivity contribution is 0.301. The van der Waals surface area contributed by atoms with Gasteiger partial charge < -0.3 is 9.15 Å². The second-order valence-electron chi connectivity index (χ2n) is 7.30. The lowest BCUT2D eigenvalue weighted by atomic mass is 10.1. The zero-order valence-corrected chi connectivity index (χ0v) is 18.1. The molecule has 0 atom stereocenters. The summed E-state index contributed by atoms with van der Waals surface area (Å²) in [6.45, 7) is 4.99. The molecular formula is C24H22ClFN4O2. The van der Waals surface area contributed by atoms with Crippen LogP contribution in [0.1, 0.15) is 35.6 Å². The van der Waals surface area contributed by atoms with E-state index < -0.39 is 5.82 Å². The molecule has 2 aromatic heterocycles. The maximum atomic E-state index is 14.1. The van der Waals surface area contributed by atoms with Gasteiger partial charge in [-0.25, -0.2) is 9.37 Å². The number of nitrogens with zero attached hydrogens (tertiary/aromatic N) is 4. The van der Waals surface area contributed by atoms with Gasteiger partial charge in [-0.2, -0.15) is 0 Å². The molecule has 0 bridgehead atoms. The molecule has 8 heteroatoms. The molecule has 164 valence electrons. The van der Waals surface area contributed by atoms with Crippen LogP contribution in [0.15, 0.2) is 72.1 Å². The number of unbranched alkanes of at least 4 members (excludes halogenated alkanes) is 1. The van der Waals surface area contributed by atoms with Crippen molar-refractivity contribution in [2.75, 3.05) is 0 Å². The van der Waals surface area contributed by atoms with Gasteiger partial charge in [0.15, 0.2) is 0 Å². The molecule has 6 nitrogen and oxygen atoms in total. The second-order valence-corrected chi connectivity index (χ2v) is 7.74. The van der Waals surface area contributed by atoms with E-state index in [1.165, 1.54) is 17.9 Å². The van der Waals surface area contributed by atoms with Gasteiger partial charge in [0.05, 0.1) is 6.20 Å². The van der Waals surface area contributed by atoms with Crippen LogP contribution in [0.4, 0.5) is 4.39 Å². The first-order valence-corrected chi connectivity index (χ1v) is 10.6. The number of hydrogen-bond donors (Lipinski definition) is 0. The van der Waals surface area contributed by atoms with E-state index in [0.29, 0.717) is 21.9 Å². The van der Waals surface area contributed by atoms with Gasteiger partial charge in [-0.3, -0.25) is 4.68 Å². The maximum absolute atomic E-state index is 14.1. The monoisotopic (exact) mass is 452 g/mol. The Hall–Kier alpha value is -3.45. The first-order valence-electron chi connectivity index (χ1n) is 10.2. The Balaban J connectivity index is 1.26. The molecule has 0 spiro atoms. The zero-order chi connectivity index (χ0) is 22.3. The minimum absolute atomic E-state index is 0.233. The smallest absolute Gasteiger partial charge is 0.226 e. The summed E-state index contributed by atoms with van der Waals surface area (Å²) in [7, 11) is 0. The molecule has 32 heavy (non-hydrogen) atoms. The summed E-state index contributed by atoms with van der Waals surface area (Å²) in [5, 5.41) is 8.08. The SMILES string of the molecule is C=C(c1nc(COc2ccc(CCCCn3ccnn3)cc2)co1)c1ccc(Cl)cc1F. The highest BCUT2D eigenvalue weighted by Gasteiger charge is 2.14. The Morgan fingerprint density at radius 2 is 2.00 bits per heavy atom. The number of hydrogen-bond acceptors (Lipinski definition) is 5. The van der Waals surface area contributed by atoms with Gasteiger partial charge >= 0.3 is 0 Å². The fourth-order valence-corrected chi connectivity index (χ4v) is 3.38. The topological polar surface area (TPSA) is 66.0 Å². The summed E-state index contributed by atoms with van der Waals surface area (Å²) in [6.07, 6.45) is 8.15. The van der Waals surface area contributed by atoms with Gasteiger partial charge in [0.1, 0.15) is 30.1 Å². The molecule has 4 rings (SSSR count). The molecule has 0 aliphatic carbocycles. The molecule has 0 radical (unpaired) electrons. The average Bonchev–Trinajstić information content (AvgIpc) is 3.48. The van der Waals surface area contributed by atoms with Crippen LogP contribution >= 0.6 is 11.6 Å². The van der Waals surface area contributed by atoms with Crippen molar-refractivity contribution in [2.24, 2.45) is 0 Å². The van der Waals surface area contributed by atoms with E-state index >= 15 is 0 Å². The first-order chi connectivity index (χ1) is 15.6. The van der Waals surface area contributed by atoms with Gasteiger partial charge in [-0.05, 0) is 55.2 Å². The van der Waals surface area contributed by atoms with Gasteiger partial charge in [-0.1, -0.05) is 35.5 Å². The minimum Gasteiger partial charge on any atom is -0.487 e. The molecule has 0 N–H and O–H groups in total. The van der Waals surface area contributed by atoms with E-state index in [-0.39, 0.29) is 12.5 Å². The van der Waals surface area contributed by atoms with E-state index in [2.05, 4.69) is 34.0 Å². The standard InChI is InChI=1S/C24H22ClFN4O2/c1-17(22-10-7-19(25)14-23(22)26)24-28-20(16-32-24)15-31-21-8-5-18(6-9-21)4-2-3-12-30-13-11-27-29-30/h5-11,13-14,16H,1-4,12,15H2. The van der Waals surface area contributed by atoms with E-state index in [1.54, 1.807) is 18.3 Å². The molecule has 0 saturated heterocycles. The van der Waals surface area contributed by atoms with Gasteiger partial charge in [0, 0.05) is 28.9 Å². The van der Waals surface area contributed by atoms with E-state index in [1.807, 2.05) is 23.0 Å². The third kappa shape index (κ3) is 5.62. The van der Waals surface area contributed by atoms with Crippen molar-refractivity contribution in [2.45, 2.75) is 32.4 Å². The van der Waals surface area contributed by atoms with Crippen molar-refractivity contribution in [1.82, 2.24) is 20.0 Å². The van der Waals surface area contributed by atoms with Crippen LogP contribution in [0.5, 0.6) is 5.75 Å². The van der Waals surface area contributed by atoms with Crippen LogP contribution in [-0.2, 0) is 19.6 Å². The molecular weight excluding hydrogens is 431 g/mol. The Morgan fingerprint density at radius 3 is 2.75 bits per heavy atom. The fourth-order valence-electron chi connectivity index (χ4n) is 3.23. The van der Waals surface area contributed by atoms with Crippen LogP contribution < -0.4 is 4.74 Å². The molecule has 0 saturated carbocycles. The van der Waals surface area contributed by atoms with Crippen molar-refractivity contribution < 1.29 is 13.5 Å². The third-order valence-corrected chi connectivity index (χ3v) is 5.19. The van der Waals surface area contributed by atoms with Crippen LogP contribution in [0.25, 0.3) is 5.57 Å². The summed E-state index contributed by atoms with van der Waals surface area (Å²) in [5.74, 6) is 0.506. The lowest BCUT2D eigenvalue weighted by Crippen LogP contribution is -1.99. The predicted octanol–water partition coefficient (Wildman–Crippen LogP) is 5.72. The summed E-state index contributed by atoms with van der Waals surface area (Å²) < 4.78 is 27.2. The van der Waals surface area contributed by atoms with Gasteiger partial charge in [0.2, 0.25) is 5.89 Å². The highest BCUT2D eigenvalue weighted by Crippen LogP contribution is 2.26. The lowest BCUT2D eigenvalue weighted by Gasteiger charge is -2.06. The Kier molecular flexibility index (Phi) is 6.97. The van der Waals surface area contributed by atoms with E-state index in [9.17, 15) is 4.39 Å². The Morgan fingerprint density at radius 1 is 1.16 bits per heavy atom. The molecule has 0 unspecified atom stereocenters. The highest BCUT2D eigenvalue weighted by atomic mass is 35.5. The number of aromatic nitrogens is 4. The molecule has 4 aromatic rings. The summed E-state index contributed by atoms with van der Waals surface area (Å²) in [6, 6.07) is 12.4. The van der Waals surface area contributed by atoms with Crippen LogP contribution in [-0.4, -0.2) is 20.0 Å².